The fourth-order valence-corrected chi connectivity index (χ4v) is 3.03. The first-order chi connectivity index (χ1) is 13.9. The van der Waals surface area contributed by atoms with Crippen molar-refractivity contribution in [2.24, 2.45) is 7.05 Å². The topological polar surface area (TPSA) is 87.5 Å². The zero-order chi connectivity index (χ0) is 21.0. The van der Waals surface area contributed by atoms with E-state index in [9.17, 15) is 14.4 Å². The highest BCUT2D eigenvalue weighted by Gasteiger charge is 2.27. The van der Waals surface area contributed by atoms with Crippen molar-refractivity contribution in [3.8, 4) is 0 Å². The number of benzene rings is 2. The molecule has 29 heavy (non-hydrogen) atoms. The van der Waals surface area contributed by atoms with Crippen molar-refractivity contribution in [3.63, 3.8) is 0 Å². The van der Waals surface area contributed by atoms with Gasteiger partial charge in [0.15, 0.2) is 0 Å². The predicted octanol–water partition coefficient (Wildman–Crippen LogP) is 2.63. The van der Waals surface area contributed by atoms with Gasteiger partial charge in [0.1, 0.15) is 0 Å². The summed E-state index contributed by atoms with van der Waals surface area (Å²) in [6.07, 6.45) is -1.35. The Morgan fingerprint density at radius 2 is 1.72 bits per heavy atom. The zero-order valence-corrected chi connectivity index (χ0v) is 16.5. The highest BCUT2D eigenvalue weighted by molar-refractivity contribution is 5.88. The molecular formula is C22H22N2O5. The fourth-order valence-electron chi connectivity index (χ4n) is 3.03. The smallest absolute Gasteiger partial charge is 0.352 e. The average molecular weight is 394 g/mol. The highest BCUT2D eigenvalue weighted by Crippen LogP contribution is 2.22. The van der Waals surface area contributed by atoms with Gasteiger partial charge in [-0.25, -0.2) is 9.48 Å². The quantitative estimate of drug-likeness (QED) is 0.598. The van der Waals surface area contributed by atoms with Crippen LogP contribution in [0.5, 0.6) is 0 Å². The van der Waals surface area contributed by atoms with Gasteiger partial charge >= 0.3 is 11.9 Å². The lowest BCUT2D eigenvalue weighted by Crippen LogP contribution is -2.25. The molecule has 0 aliphatic rings. The molecule has 0 radical (unpaired) electrons. The first-order valence-corrected chi connectivity index (χ1v) is 9.28. The van der Waals surface area contributed by atoms with Crippen LogP contribution >= 0.6 is 0 Å². The van der Waals surface area contributed by atoms with Crippen LogP contribution in [0, 0.1) is 6.92 Å². The Morgan fingerprint density at radius 3 is 2.38 bits per heavy atom. The third-order valence-corrected chi connectivity index (χ3v) is 4.47. The van der Waals surface area contributed by atoms with E-state index in [-0.39, 0.29) is 18.6 Å². The lowest BCUT2D eigenvalue weighted by atomic mass is 10.1. The van der Waals surface area contributed by atoms with Crippen LogP contribution in [-0.2, 0) is 32.5 Å². The summed E-state index contributed by atoms with van der Waals surface area (Å²) in [5.74, 6) is -1.28. The number of aromatic nitrogens is 2. The van der Waals surface area contributed by atoms with E-state index < -0.39 is 18.0 Å². The number of nitrogens with zero attached hydrogens (tertiary/aromatic N) is 2. The standard InChI is InChI=1S/C22H22N2O5/c1-4-28-22(27)20(15-11-9-14(2)10-12-15)29-19(25)13-18-16-7-5-6-8-17(16)21(26)24(3)23-18/h5-12,20H,4,13H2,1-3H3. The van der Waals surface area contributed by atoms with E-state index in [0.717, 1.165) is 5.56 Å². The van der Waals surface area contributed by atoms with Gasteiger partial charge < -0.3 is 9.47 Å². The van der Waals surface area contributed by atoms with Crippen molar-refractivity contribution in [1.29, 1.82) is 0 Å². The van der Waals surface area contributed by atoms with Crippen molar-refractivity contribution < 1.29 is 19.1 Å². The molecule has 0 spiro atoms. The molecule has 2 aromatic carbocycles. The van der Waals surface area contributed by atoms with E-state index in [2.05, 4.69) is 5.10 Å². The Balaban J connectivity index is 1.88. The molecule has 3 aromatic rings. The van der Waals surface area contributed by atoms with Gasteiger partial charge in [-0.2, -0.15) is 5.10 Å². The molecule has 1 unspecified atom stereocenters. The maximum atomic E-state index is 12.7. The number of ether oxygens (including phenoxy) is 2. The van der Waals surface area contributed by atoms with E-state index in [1.54, 1.807) is 43.3 Å². The highest BCUT2D eigenvalue weighted by atomic mass is 16.6. The van der Waals surface area contributed by atoms with Gasteiger partial charge in [-0.3, -0.25) is 9.59 Å². The van der Waals surface area contributed by atoms with Gasteiger partial charge in [-0.05, 0) is 19.9 Å². The maximum Gasteiger partial charge on any atom is 0.352 e. The molecule has 1 heterocycles. The van der Waals surface area contributed by atoms with Crippen molar-refractivity contribution in [2.45, 2.75) is 26.4 Å². The second-order valence-electron chi connectivity index (χ2n) is 6.63. The number of carbonyl (C=O) groups is 2. The van der Waals surface area contributed by atoms with Crippen LogP contribution in [0.2, 0.25) is 0 Å². The molecule has 150 valence electrons. The Morgan fingerprint density at radius 1 is 1.07 bits per heavy atom. The normalized spacial score (nSPS) is 11.8. The summed E-state index contributed by atoms with van der Waals surface area (Å²) >= 11 is 0. The van der Waals surface area contributed by atoms with Gasteiger partial charge in [-0.15, -0.1) is 0 Å². The Bertz CT molecular complexity index is 1100. The first-order valence-electron chi connectivity index (χ1n) is 9.28. The van der Waals surface area contributed by atoms with Crippen LogP contribution in [0.1, 0.15) is 29.8 Å². The van der Waals surface area contributed by atoms with E-state index in [1.807, 2.05) is 19.1 Å². The van der Waals surface area contributed by atoms with E-state index in [0.29, 0.717) is 22.0 Å². The molecule has 3 rings (SSSR count). The average Bonchev–Trinajstić information content (AvgIpc) is 2.71. The third kappa shape index (κ3) is 4.51. The predicted molar refractivity (Wildman–Crippen MR) is 107 cm³/mol. The van der Waals surface area contributed by atoms with Crippen LogP contribution in [0.4, 0.5) is 0 Å². The molecule has 1 aromatic heterocycles. The van der Waals surface area contributed by atoms with Crippen molar-refractivity contribution in [3.05, 3.63) is 75.7 Å². The van der Waals surface area contributed by atoms with Gasteiger partial charge in [0, 0.05) is 18.0 Å². The Kier molecular flexibility index (Phi) is 6.07. The molecular weight excluding hydrogens is 372 g/mol. The summed E-state index contributed by atoms with van der Waals surface area (Å²) < 4.78 is 11.7. The van der Waals surface area contributed by atoms with E-state index in [4.69, 9.17) is 9.47 Å². The summed E-state index contributed by atoms with van der Waals surface area (Å²) in [6.45, 7) is 3.78. The fraction of sp³-hybridized carbons (Fsp3) is 0.273. The van der Waals surface area contributed by atoms with Gasteiger partial charge in [0.2, 0.25) is 6.10 Å². The number of fused-ring (bicyclic) bond motifs is 1. The van der Waals surface area contributed by atoms with Crippen LogP contribution < -0.4 is 5.56 Å². The Hall–Kier alpha value is -3.48. The molecule has 0 bridgehead atoms. The first kappa shape index (κ1) is 20.3. The Labute approximate surface area is 167 Å². The zero-order valence-electron chi connectivity index (χ0n) is 16.5. The molecule has 7 nitrogen and oxygen atoms in total. The molecule has 0 aliphatic heterocycles. The summed E-state index contributed by atoms with van der Waals surface area (Å²) in [4.78, 5) is 37.3. The minimum atomic E-state index is -1.16. The molecule has 1 atom stereocenters. The van der Waals surface area contributed by atoms with Gasteiger partial charge in [-0.1, -0.05) is 48.0 Å². The largest absolute Gasteiger partial charge is 0.463 e. The molecule has 0 fully saturated rings. The number of rotatable bonds is 6. The minimum Gasteiger partial charge on any atom is -0.463 e. The lowest BCUT2D eigenvalue weighted by molar-refractivity contribution is -0.168. The van der Waals surface area contributed by atoms with Crippen LogP contribution in [0.15, 0.2) is 53.3 Å². The third-order valence-electron chi connectivity index (χ3n) is 4.47. The lowest BCUT2D eigenvalue weighted by Gasteiger charge is -2.17. The van der Waals surface area contributed by atoms with Crippen molar-refractivity contribution in [1.82, 2.24) is 9.78 Å². The van der Waals surface area contributed by atoms with Crippen LogP contribution in [-0.4, -0.2) is 28.3 Å². The van der Waals surface area contributed by atoms with E-state index >= 15 is 0 Å². The van der Waals surface area contributed by atoms with Gasteiger partial charge in [0.25, 0.3) is 5.56 Å². The van der Waals surface area contributed by atoms with Crippen LogP contribution in [0.3, 0.4) is 0 Å². The number of carbonyl (C=O) groups excluding carboxylic acids is 2. The number of hydrogen-bond acceptors (Lipinski definition) is 6. The number of hydrogen-bond donors (Lipinski definition) is 0. The van der Waals surface area contributed by atoms with Crippen molar-refractivity contribution >= 4 is 22.7 Å². The SMILES string of the molecule is CCOC(=O)C(OC(=O)Cc1nn(C)c(=O)c2ccccc12)c1ccc(C)cc1. The number of aryl methyl sites for hydroxylation is 2. The molecule has 0 aliphatic carbocycles. The molecule has 0 saturated carbocycles. The second-order valence-corrected chi connectivity index (χ2v) is 6.63. The molecule has 0 saturated heterocycles. The minimum absolute atomic E-state index is 0.172. The maximum absolute atomic E-state index is 12.7. The second kappa shape index (κ2) is 8.68. The molecule has 0 amide bonds. The monoisotopic (exact) mass is 394 g/mol. The van der Waals surface area contributed by atoms with Crippen molar-refractivity contribution in [2.75, 3.05) is 6.61 Å². The summed E-state index contributed by atoms with van der Waals surface area (Å²) in [6, 6.07) is 14.0. The van der Waals surface area contributed by atoms with Crippen LogP contribution in [0.25, 0.3) is 10.8 Å². The molecule has 7 heteroatoms. The van der Waals surface area contributed by atoms with Gasteiger partial charge in [0.05, 0.1) is 24.1 Å². The number of esters is 2. The summed E-state index contributed by atoms with van der Waals surface area (Å²) in [7, 11) is 1.53. The summed E-state index contributed by atoms with van der Waals surface area (Å²) in [5.41, 5.74) is 1.70. The summed E-state index contributed by atoms with van der Waals surface area (Å²) in [5, 5.41) is 5.25. The van der Waals surface area contributed by atoms with E-state index in [1.165, 1.54) is 11.7 Å². The molecule has 0 N–H and O–H groups in total.